The molecule has 1 amide bonds. The second-order valence-corrected chi connectivity index (χ2v) is 7.33. The molecule has 138 valence electrons. The quantitative estimate of drug-likeness (QED) is 0.902. The zero-order valence-electron chi connectivity index (χ0n) is 15.0. The Labute approximate surface area is 152 Å². The summed E-state index contributed by atoms with van der Waals surface area (Å²) in [5, 5.41) is 7.23. The molecule has 0 aliphatic carbocycles. The highest BCUT2D eigenvalue weighted by molar-refractivity contribution is 5.94. The topological polar surface area (TPSA) is 80.5 Å². The lowest BCUT2D eigenvalue weighted by Crippen LogP contribution is -2.49. The van der Waals surface area contributed by atoms with E-state index in [2.05, 4.69) is 20.4 Å². The van der Waals surface area contributed by atoms with Crippen molar-refractivity contribution in [3.63, 3.8) is 0 Å². The maximum Gasteiger partial charge on any atom is 0.253 e. The molecular weight excluding hydrogens is 332 g/mol. The van der Waals surface area contributed by atoms with Crippen LogP contribution < -0.4 is 5.32 Å². The van der Waals surface area contributed by atoms with Gasteiger partial charge < -0.3 is 14.6 Å². The van der Waals surface area contributed by atoms with Gasteiger partial charge in [-0.05, 0) is 38.3 Å². The average molecular weight is 356 g/mol. The normalized spacial score (nSPS) is 26.3. The lowest BCUT2D eigenvalue weighted by molar-refractivity contribution is -0.0793. The SMILES string of the molecule is Cc1cc(CN2CC[C@@]3(C[C@@H](NC(=O)c4cccnc4)CCO3)C2)no1. The predicted molar refractivity (Wildman–Crippen MR) is 94.5 cm³/mol. The number of aromatic nitrogens is 2. The fraction of sp³-hybridized carbons (Fsp3) is 0.526. The molecule has 2 atom stereocenters. The summed E-state index contributed by atoms with van der Waals surface area (Å²) >= 11 is 0. The van der Waals surface area contributed by atoms with Gasteiger partial charge in [0, 0.05) is 50.7 Å². The van der Waals surface area contributed by atoms with Crippen LogP contribution in [0.1, 0.15) is 41.1 Å². The number of rotatable bonds is 4. The van der Waals surface area contributed by atoms with Crippen molar-refractivity contribution in [2.75, 3.05) is 19.7 Å². The number of amides is 1. The lowest BCUT2D eigenvalue weighted by atomic mass is 9.89. The molecule has 2 aliphatic rings. The third kappa shape index (κ3) is 3.78. The Kier molecular flexibility index (Phi) is 4.74. The van der Waals surface area contributed by atoms with Gasteiger partial charge in [-0.3, -0.25) is 14.7 Å². The molecule has 2 saturated heterocycles. The van der Waals surface area contributed by atoms with E-state index in [-0.39, 0.29) is 17.6 Å². The standard InChI is InChI=1S/C19H24N4O3/c1-14-9-17(22-26-14)12-23-7-5-19(13-23)10-16(4-8-25-19)21-18(24)15-3-2-6-20-11-15/h2-3,6,9,11,16H,4-5,7-8,10,12-13H2,1H3,(H,21,24)/t16-,19+/m0/s1. The summed E-state index contributed by atoms with van der Waals surface area (Å²) in [5.41, 5.74) is 1.38. The van der Waals surface area contributed by atoms with Crippen LogP contribution in [0.4, 0.5) is 0 Å². The Morgan fingerprint density at radius 3 is 3.19 bits per heavy atom. The van der Waals surface area contributed by atoms with E-state index >= 15 is 0 Å². The van der Waals surface area contributed by atoms with Crippen molar-refractivity contribution in [1.29, 1.82) is 0 Å². The van der Waals surface area contributed by atoms with Crippen molar-refractivity contribution in [3.05, 3.63) is 47.6 Å². The van der Waals surface area contributed by atoms with Crippen molar-refractivity contribution >= 4 is 5.91 Å². The van der Waals surface area contributed by atoms with Gasteiger partial charge in [-0.15, -0.1) is 0 Å². The van der Waals surface area contributed by atoms with E-state index in [0.29, 0.717) is 12.2 Å². The first-order valence-electron chi connectivity index (χ1n) is 9.11. The van der Waals surface area contributed by atoms with Crippen LogP contribution in [0, 0.1) is 6.92 Å². The Morgan fingerprint density at radius 2 is 2.42 bits per heavy atom. The molecule has 26 heavy (non-hydrogen) atoms. The number of carbonyl (C=O) groups is 1. The number of pyridine rings is 1. The molecule has 0 unspecified atom stereocenters. The minimum atomic E-state index is -0.177. The number of hydrogen-bond donors (Lipinski definition) is 1. The van der Waals surface area contributed by atoms with Crippen LogP contribution in [0.5, 0.6) is 0 Å². The summed E-state index contributed by atoms with van der Waals surface area (Å²) in [6.45, 7) is 5.18. The van der Waals surface area contributed by atoms with Gasteiger partial charge in [-0.2, -0.15) is 0 Å². The molecule has 2 aromatic rings. The van der Waals surface area contributed by atoms with E-state index in [4.69, 9.17) is 9.26 Å². The van der Waals surface area contributed by atoms with Crippen molar-refractivity contribution < 1.29 is 14.1 Å². The fourth-order valence-corrected chi connectivity index (χ4v) is 3.99. The van der Waals surface area contributed by atoms with Gasteiger partial charge in [-0.25, -0.2) is 0 Å². The summed E-state index contributed by atoms with van der Waals surface area (Å²) in [7, 11) is 0. The minimum Gasteiger partial charge on any atom is -0.373 e. The highest BCUT2D eigenvalue weighted by Gasteiger charge is 2.43. The summed E-state index contributed by atoms with van der Waals surface area (Å²) in [4.78, 5) is 18.8. The first-order chi connectivity index (χ1) is 12.6. The van der Waals surface area contributed by atoms with E-state index in [0.717, 1.165) is 50.4 Å². The number of likely N-dealkylation sites (tertiary alicyclic amines) is 1. The molecule has 4 heterocycles. The minimum absolute atomic E-state index is 0.0620. The first kappa shape index (κ1) is 17.2. The molecule has 4 rings (SSSR count). The van der Waals surface area contributed by atoms with Crippen LogP contribution in [0.3, 0.4) is 0 Å². The predicted octanol–water partition coefficient (Wildman–Crippen LogP) is 1.93. The highest BCUT2D eigenvalue weighted by Crippen LogP contribution is 2.35. The molecule has 7 heteroatoms. The number of ether oxygens (including phenoxy) is 1. The molecule has 1 N–H and O–H groups in total. The molecule has 2 aliphatic heterocycles. The van der Waals surface area contributed by atoms with E-state index < -0.39 is 0 Å². The molecule has 1 spiro atoms. The Morgan fingerprint density at radius 1 is 1.50 bits per heavy atom. The van der Waals surface area contributed by atoms with Crippen molar-refractivity contribution in [3.8, 4) is 0 Å². The number of nitrogens with one attached hydrogen (secondary N) is 1. The van der Waals surface area contributed by atoms with Crippen LogP contribution >= 0.6 is 0 Å². The van der Waals surface area contributed by atoms with Crippen LogP contribution in [0.25, 0.3) is 0 Å². The molecule has 0 bridgehead atoms. The van der Waals surface area contributed by atoms with Crippen molar-refractivity contribution in [2.45, 2.75) is 44.4 Å². The van der Waals surface area contributed by atoms with Crippen LogP contribution in [0.15, 0.2) is 35.1 Å². The monoisotopic (exact) mass is 356 g/mol. The molecule has 0 radical (unpaired) electrons. The van der Waals surface area contributed by atoms with E-state index in [1.807, 2.05) is 13.0 Å². The third-order valence-corrected chi connectivity index (χ3v) is 5.21. The summed E-state index contributed by atoms with van der Waals surface area (Å²) in [6.07, 6.45) is 5.93. The molecule has 2 fully saturated rings. The fourth-order valence-electron chi connectivity index (χ4n) is 3.99. The molecule has 7 nitrogen and oxygen atoms in total. The summed E-state index contributed by atoms with van der Waals surface area (Å²) in [6, 6.07) is 5.67. The van der Waals surface area contributed by atoms with Crippen molar-refractivity contribution in [1.82, 2.24) is 20.4 Å². The van der Waals surface area contributed by atoms with Gasteiger partial charge in [0.25, 0.3) is 5.91 Å². The van der Waals surface area contributed by atoms with Gasteiger partial charge in [0.1, 0.15) is 5.76 Å². The lowest BCUT2D eigenvalue weighted by Gasteiger charge is -2.38. The number of carbonyl (C=O) groups excluding carboxylic acids is 1. The average Bonchev–Trinajstić information content (AvgIpc) is 3.22. The zero-order valence-corrected chi connectivity index (χ0v) is 15.0. The summed E-state index contributed by atoms with van der Waals surface area (Å²) in [5.74, 6) is 0.772. The number of hydrogen-bond acceptors (Lipinski definition) is 6. The second kappa shape index (κ2) is 7.17. The molecule has 2 aromatic heterocycles. The van der Waals surface area contributed by atoms with Crippen LogP contribution in [-0.4, -0.2) is 52.3 Å². The van der Waals surface area contributed by atoms with Gasteiger partial charge in [0.15, 0.2) is 0 Å². The third-order valence-electron chi connectivity index (χ3n) is 5.21. The number of aryl methyl sites for hydroxylation is 1. The van der Waals surface area contributed by atoms with E-state index in [9.17, 15) is 4.79 Å². The smallest absolute Gasteiger partial charge is 0.253 e. The second-order valence-electron chi connectivity index (χ2n) is 7.33. The van der Waals surface area contributed by atoms with Crippen LogP contribution in [0.2, 0.25) is 0 Å². The van der Waals surface area contributed by atoms with E-state index in [1.54, 1.807) is 24.5 Å². The van der Waals surface area contributed by atoms with Gasteiger partial charge in [0.2, 0.25) is 0 Å². The largest absolute Gasteiger partial charge is 0.373 e. The molecule has 0 saturated carbocycles. The molecular formula is C19H24N4O3. The summed E-state index contributed by atoms with van der Waals surface area (Å²) < 4.78 is 11.3. The Hall–Kier alpha value is -2.25. The van der Waals surface area contributed by atoms with E-state index in [1.165, 1.54) is 0 Å². The maximum absolute atomic E-state index is 12.4. The first-order valence-corrected chi connectivity index (χ1v) is 9.11. The van der Waals surface area contributed by atoms with Gasteiger partial charge in [-0.1, -0.05) is 5.16 Å². The zero-order chi connectivity index (χ0) is 18.0. The van der Waals surface area contributed by atoms with Crippen molar-refractivity contribution in [2.24, 2.45) is 0 Å². The maximum atomic E-state index is 12.4. The Bertz CT molecular complexity index is 763. The Balaban J connectivity index is 1.35. The molecule has 0 aromatic carbocycles. The van der Waals surface area contributed by atoms with Gasteiger partial charge in [0.05, 0.1) is 16.9 Å². The highest BCUT2D eigenvalue weighted by atomic mass is 16.5. The van der Waals surface area contributed by atoms with Crippen LogP contribution in [-0.2, 0) is 11.3 Å². The van der Waals surface area contributed by atoms with Gasteiger partial charge >= 0.3 is 0 Å². The number of nitrogens with zero attached hydrogens (tertiary/aromatic N) is 3.